The molecular weight excluding hydrogens is 406 g/mol. The van der Waals surface area contributed by atoms with Crippen LogP contribution in [0.1, 0.15) is 96.5 Å². The van der Waals surface area contributed by atoms with E-state index in [-0.39, 0.29) is 5.82 Å². The fraction of sp³-hybridized carbons (Fsp3) is 0.630. The van der Waals surface area contributed by atoms with E-state index in [0.29, 0.717) is 30.2 Å². The van der Waals surface area contributed by atoms with E-state index >= 15 is 0 Å². The molecule has 0 aliphatic rings. The first-order valence-electron chi connectivity index (χ1n) is 12.5. The first-order valence-corrected chi connectivity index (χ1v) is 12.5. The smallest absolute Gasteiger partial charge is 0.162 e. The average molecular weight is 447 g/mol. The summed E-state index contributed by atoms with van der Waals surface area (Å²) in [6, 6.07) is 4.89. The Hall–Kier alpha value is -2.04. The Kier molecular flexibility index (Phi) is 12.9. The number of hydrogen-bond donors (Lipinski definition) is 0. The minimum atomic E-state index is -0.727. The largest absolute Gasteiger partial charge is 0.493 e. The number of rotatable bonds is 17. The summed E-state index contributed by atoms with van der Waals surface area (Å²) in [5.74, 6) is 0.562. The molecule has 1 atom stereocenters. The van der Waals surface area contributed by atoms with E-state index in [1.807, 2.05) is 0 Å². The molecule has 2 rings (SSSR count). The number of aromatic nitrogens is 2. The molecule has 0 aliphatic heterocycles. The van der Waals surface area contributed by atoms with Gasteiger partial charge in [0.15, 0.2) is 5.82 Å². The third-order valence-corrected chi connectivity index (χ3v) is 5.72. The van der Waals surface area contributed by atoms with Crippen LogP contribution in [0.25, 0.3) is 11.4 Å². The third kappa shape index (κ3) is 10.5. The number of aryl methyl sites for hydroxylation is 1. The number of benzene rings is 1. The van der Waals surface area contributed by atoms with Crippen LogP contribution in [0.4, 0.5) is 8.78 Å². The van der Waals surface area contributed by atoms with Crippen LogP contribution in [-0.4, -0.2) is 22.7 Å². The maximum atomic E-state index is 14.6. The van der Waals surface area contributed by atoms with Gasteiger partial charge in [-0.2, -0.15) is 0 Å². The van der Waals surface area contributed by atoms with Crippen LogP contribution in [0.3, 0.4) is 0 Å². The molecule has 0 amide bonds. The Balaban J connectivity index is 1.71. The van der Waals surface area contributed by atoms with Gasteiger partial charge in [0.05, 0.1) is 18.3 Å². The number of alkyl halides is 1. The van der Waals surface area contributed by atoms with Gasteiger partial charge in [-0.25, -0.2) is 18.7 Å². The second kappa shape index (κ2) is 15.7. The first kappa shape index (κ1) is 26.2. The highest BCUT2D eigenvalue weighted by molar-refractivity contribution is 5.57. The van der Waals surface area contributed by atoms with Crippen molar-refractivity contribution in [1.82, 2.24) is 9.97 Å². The van der Waals surface area contributed by atoms with Crippen LogP contribution < -0.4 is 4.74 Å². The number of ether oxygens (including phenoxy) is 1. The molecule has 5 heteroatoms. The lowest BCUT2D eigenvalue weighted by Crippen LogP contribution is -1.99. The van der Waals surface area contributed by atoms with Gasteiger partial charge in [0, 0.05) is 18.5 Å². The molecule has 1 aromatic carbocycles. The van der Waals surface area contributed by atoms with E-state index in [0.717, 1.165) is 44.1 Å². The fourth-order valence-corrected chi connectivity index (χ4v) is 3.75. The second-order valence-corrected chi connectivity index (χ2v) is 8.76. The third-order valence-electron chi connectivity index (χ3n) is 5.72. The average Bonchev–Trinajstić information content (AvgIpc) is 2.78. The van der Waals surface area contributed by atoms with Crippen molar-refractivity contribution in [3.8, 4) is 17.1 Å². The van der Waals surface area contributed by atoms with Gasteiger partial charge >= 0.3 is 0 Å². The van der Waals surface area contributed by atoms with Crippen molar-refractivity contribution in [2.24, 2.45) is 0 Å². The molecule has 1 heterocycles. The molecule has 0 radical (unpaired) electrons. The normalized spacial score (nSPS) is 12.1. The van der Waals surface area contributed by atoms with Gasteiger partial charge in [-0.05, 0) is 50.3 Å². The Bertz CT molecular complexity index is 750. The van der Waals surface area contributed by atoms with Crippen LogP contribution in [-0.2, 0) is 6.42 Å². The van der Waals surface area contributed by atoms with Crippen molar-refractivity contribution in [1.29, 1.82) is 0 Å². The lowest BCUT2D eigenvalue weighted by atomic mass is 10.1. The second-order valence-electron chi connectivity index (χ2n) is 8.76. The zero-order valence-electron chi connectivity index (χ0n) is 19.9. The van der Waals surface area contributed by atoms with Gasteiger partial charge in [-0.1, -0.05) is 64.7 Å². The SMILES string of the molecule is CCCCCCCCCCOc1ccc(-c2ncc(CCCCCC(C)F)cn2)c(F)c1. The summed E-state index contributed by atoms with van der Waals surface area (Å²) >= 11 is 0. The van der Waals surface area contributed by atoms with Crippen LogP contribution in [0, 0.1) is 5.82 Å². The van der Waals surface area contributed by atoms with Gasteiger partial charge in [-0.3, -0.25) is 0 Å². The van der Waals surface area contributed by atoms with Crippen molar-refractivity contribution >= 4 is 0 Å². The minimum Gasteiger partial charge on any atom is -0.493 e. The van der Waals surface area contributed by atoms with Crippen molar-refractivity contribution in [2.75, 3.05) is 6.61 Å². The zero-order chi connectivity index (χ0) is 23.0. The quantitative estimate of drug-likeness (QED) is 0.229. The molecule has 1 unspecified atom stereocenters. The molecule has 1 aromatic heterocycles. The summed E-state index contributed by atoms with van der Waals surface area (Å²) in [5.41, 5.74) is 1.40. The van der Waals surface area contributed by atoms with E-state index in [4.69, 9.17) is 4.74 Å². The fourth-order valence-electron chi connectivity index (χ4n) is 3.75. The molecule has 2 aromatic rings. The molecule has 32 heavy (non-hydrogen) atoms. The molecule has 0 N–H and O–H groups in total. The molecule has 0 fully saturated rings. The highest BCUT2D eigenvalue weighted by atomic mass is 19.1. The van der Waals surface area contributed by atoms with Gasteiger partial charge in [0.25, 0.3) is 0 Å². The molecule has 178 valence electrons. The maximum Gasteiger partial charge on any atom is 0.162 e. The molecule has 0 saturated carbocycles. The van der Waals surface area contributed by atoms with Crippen molar-refractivity contribution in [3.63, 3.8) is 0 Å². The van der Waals surface area contributed by atoms with Gasteiger partial charge < -0.3 is 4.74 Å². The Labute approximate surface area is 193 Å². The Morgan fingerprint density at radius 1 is 0.875 bits per heavy atom. The van der Waals surface area contributed by atoms with Crippen molar-refractivity contribution < 1.29 is 13.5 Å². The predicted octanol–water partition coefficient (Wildman–Crippen LogP) is 8.26. The van der Waals surface area contributed by atoms with Crippen LogP contribution >= 0.6 is 0 Å². The molecule has 0 aliphatic carbocycles. The highest BCUT2D eigenvalue weighted by Crippen LogP contribution is 2.24. The topological polar surface area (TPSA) is 35.0 Å². The lowest BCUT2D eigenvalue weighted by Gasteiger charge is -2.09. The molecule has 3 nitrogen and oxygen atoms in total. The van der Waals surface area contributed by atoms with Gasteiger partial charge in [0.2, 0.25) is 0 Å². The molecular formula is C27H40F2N2O. The number of nitrogens with zero attached hydrogens (tertiary/aromatic N) is 2. The number of halogens is 2. The summed E-state index contributed by atoms with van der Waals surface area (Å²) in [6.45, 7) is 4.45. The molecule has 0 saturated heterocycles. The monoisotopic (exact) mass is 446 g/mol. The molecule has 0 bridgehead atoms. The highest BCUT2D eigenvalue weighted by Gasteiger charge is 2.10. The summed E-state index contributed by atoms with van der Waals surface area (Å²) in [5, 5.41) is 0. The van der Waals surface area contributed by atoms with Gasteiger partial charge in [-0.15, -0.1) is 0 Å². The van der Waals surface area contributed by atoms with E-state index in [2.05, 4.69) is 16.9 Å². The standard InChI is InChI=1S/C27H40F2N2O/c1-3-4-5-6-7-8-9-13-18-32-24-16-17-25(26(29)19-24)27-30-20-23(21-31-27)15-12-10-11-14-22(2)28/h16-17,19-22H,3-15,18H2,1-2H3. The maximum absolute atomic E-state index is 14.6. The van der Waals surface area contributed by atoms with Crippen LogP contribution in [0.5, 0.6) is 5.75 Å². The van der Waals surface area contributed by atoms with E-state index < -0.39 is 6.17 Å². The van der Waals surface area contributed by atoms with Crippen molar-refractivity contribution in [3.05, 3.63) is 42.0 Å². The van der Waals surface area contributed by atoms with E-state index in [1.54, 1.807) is 31.5 Å². The van der Waals surface area contributed by atoms with E-state index in [1.165, 1.54) is 44.6 Å². The minimum absolute atomic E-state index is 0.369. The summed E-state index contributed by atoms with van der Waals surface area (Å²) < 4.78 is 33.1. The van der Waals surface area contributed by atoms with Crippen LogP contribution in [0.15, 0.2) is 30.6 Å². The summed E-state index contributed by atoms with van der Waals surface area (Å²) in [4.78, 5) is 8.67. The van der Waals surface area contributed by atoms with Crippen molar-refractivity contribution in [2.45, 2.75) is 103 Å². The first-order chi connectivity index (χ1) is 15.6. The Morgan fingerprint density at radius 2 is 1.53 bits per heavy atom. The number of unbranched alkanes of at least 4 members (excludes halogenated alkanes) is 9. The van der Waals surface area contributed by atoms with Crippen LogP contribution in [0.2, 0.25) is 0 Å². The molecule has 0 spiro atoms. The zero-order valence-corrected chi connectivity index (χ0v) is 19.9. The number of hydrogen-bond acceptors (Lipinski definition) is 3. The van der Waals surface area contributed by atoms with Gasteiger partial charge in [0.1, 0.15) is 11.6 Å². The lowest BCUT2D eigenvalue weighted by molar-refractivity contribution is 0.303. The predicted molar refractivity (Wildman–Crippen MR) is 128 cm³/mol. The van der Waals surface area contributed by atoms with E-state index in [9.17, 15) is 8.78 Å². The summed E-state index contributed by atoms with van der Waals surface area (Å²) in [6.07, 6.45) is 17.1. The Morgan fingerprint density at radius 3 is 2.19 bits per heavy atom. The summed E-state index contributed by atoms with van der Waals surface area (Å²) in [7, 11) is 0.